The quantitative estimate of drug-likeness (QED) is 0.698. The zero-order chi connectivity index (χ0) is 21.7. The Balaban J connectivity index is 1.86. The second kappa shape index (κ2) is 9.62. The van der Waals surface area contributed by atoms with Crippen molar-refractivity contribution < 1.29 is 17.9 Å². The van der Waals surface area contributed by atoms with Gasteiger partial charge in [0, 0.05) is 37.8 Å². The number of rotatable bonds is 6. The van der Waals surface area contributed by atoms with Crippen molar-refractivity contribution in [1.82, 2.24) is 9.21 Å². The first-order valence-electron chi connectivity index (χ1n) is 10.3. The zero-order valence-electron chi connectivity index (χ0n) is 17.9. The van der Waals surface area contributed by atoms with E-state index >= 15 is 0 Å². The average Bonchev–Trinajstić information content (AvgIpc) is 3.04. The van der Waals surface area contributed by atoms with Crippen LogP contribution in [0.15, 0.2) is 47.4 Å². The van der Waals surface area contributed by atoms with Crippen molar-refractivity contribution in [2.24, 2.45) is 0 Å². The van der Waals surface area contributed by atoms with Gasteiger partial charge in [0.25, 0.3) is 5.91 Å². The molecule has 1 aliphatic heterocycles. The third kappa shape index (κ3) is 4.84. The maximum Gasteiger partial charge on any atom is 0.254 e. The fourth-order valence-corrected chi connectivity index (χ4v) is 5.33. The van der Waals surface area contributed by atoms with Gasteiger partial charge in [-0.3, -0.25) is 4.79 Å². The molecule has 0 aromatic heterocycles. The molecule has 1 amide bonds. The van der Waals surface area contributed by atoms with E-state index in [1.54, 1.807) is 35.5 Å². The minimum Gasteiger partial charge on any atom is -0.496 e. The summed E-state index contributed by atoms with van der Waals surface area (Å²) in [6.07, 6.45) is 3.85. The zero-order valence-corrected chi connectivity index (χ0v) is 18.7. The van der Waals surface area contributed by atoms with E-state index < -0.39 is 10.0 Å². The lowest BCUT2D eigenvalue weighted by Gasteiger charge is -2.22. The van der Waals surface area contributed by atoms with Crippen molar-refractivity contribution in [2.75, 3.05) is 27.2 Å². The highest BCUT2D eigenvalue weighted by Gasteiger charge is 2.27. The van der Waals surface area contributed by atoms with E-state index in [2.05, 4.69) is 0 Å². The van der Waals surface area contributed by atoms with E-state index in [0.29, 0.717) is 30.9 Å². The highest BCUT2D eigenvalue weighted by Crippen LogP contribution is 2.24. The van der Waals surface area contributed by atoms with Crippen LogP contribution in [0, 0.1) is 6.92 Å². The largest absolute Gasteiger partial charge is 0.496 e. The van der Waals surface area contributed by atoms with Crippen LogP contribution in [-0.2, 0) is 16.6 Å². The Morgan fingerprint density at radius 1 is 1.07 bits per heavy atom. The van der Waals surface area contributed by atoms with Crippen LogP contribution in [0.25, 0.3) is 0 Å². The summed E-state index contributed by atoms with van der Waals surface area (Å²) in [5.74, 6) is 0.498. The predicted molar refractivity (Wildman–Crippen MR) is 117 cm³/mol. The van der Waals surface area contributed by atoms with Crippen LogP contribution in [0.3, 0.4) is 0 Å². The summed E-state index contributed by atoms with van der Waals surface area (Å²) in [6.45, 7) is 3.26. The van der Waals surface area contributed by atoms with Gasteiger partial charge in [-0.2, -0.15) is 4.31 Å². The second-order valence-electron chi connectivity index (χ2n) is 7.77. The third-order valence-electron chi connectivity index (χ3n) is 5.59. The Hall–Kier alpha value is -2.38. The van der Waals surface area contributed by atoms with Gasteiger partial charge >= 0.3 is 0 Å². The van der Waals surface area contributed by atoms with Crippen molar-refractivity contribution in [1.29, 1.82) is 0 Å². The van der Waals surface area contributed by atoms with Gasteiger partial charge in [0.05, 0.1) is 12.0 Å². The second-order valence-corrected chi connectivity index (χ2v) is 9.71. The van der Waals surface area contributed by atoms with E-state index in [1.807, 2.05) is 31.2 Å². The van der Waals surface area contributed by atoms with E-state index in [-0.39, 0.29) is 10.8 Å². The van der Waals surface area contributed by atoms with Gasteiger partial charge in [0.1, 0.15) is 5.75 Å². The summed E-state index contributed by atoms with van der Waals surface area (Å²) >= 11 is 0. The number of benzene rings is 2. The standard InChI is InChI=1S/C23H30N2O4S/c1-18-12-13-20(30(27,28)25-14-8-4-5-9-15-25)16-21(18)23(26)24(2)17-19-10-6-7-11-22(19)29-3/h6-7,10-13,16H,4-5,8-9,14-15,17H2,1-3H3. The maximum atomic E-state index is 13.2. The van der Waals surface area contributed by atoms with Gasteiger partial charge in [0.15, 0.2) is 0 Å². The molecule has 30 heavy (non-hydrogen) atoms. The van der Waals surface area contributed by atoms with Crippen LogP contribution in [0.4, 0.5) is 0 Å². The molecule has 0 spiro atoms. The van der Waals surface area contributed by atoms with Gasteiger partial charge in [-0.15, -0.1) is 0 Å². The normalized spacial score (nSPS) is 15.4. The smallest absolute Gasteiger partial charge is 0.254 e. The molecular formula is C23H30N2O4S. The molecule has 0 radical (unpaired) electrons. The SMILES string of the molecule is COc1ccccc1CN(C)C(=O)c1cc(S(=O)(=O)N2CCCCCC2)ccc1C. The lowest BCUT2D eigenvalue weighted by Crippen LogP contribution is -2.32. The number of carbonyl (C=O) groups is 1. The molecule has 0 atom stereocenters. The molecule has 1 fully saturated rings. The van der Waals surface area contributed by atoms with Gasteiger partial charge in [-0.25, -0.2) is 8.42 Å². The number of aryl methyl sites for hydroxylation is 1. The number of hydrogen-bond donors (Lipinski definition) is 0. The van der Waals surface area contributed by atoms with Crippen LogP contribution in [0.2, 0.25) is 0 Å². The molecule has 2 aromatic carbocycles. The lowest BCUT2D eigenvalue weighted by atomic mass is 10.1. The Morgan fingerprint density at radius 3 is 2.40 bits per heavy atom. The summed E-state index contributed by atoms with van der Waals surface area (Å²) in [6, 6.07) is 12.4. The van der Waals surface area contributed by atoms with Crippen molar-refractivity contribution in [2.45, 2.75) is 44.0 Å². The number of amides is 1. The van der Waals surface area contributed by atoms with Crippen molar-refractivity contribution in [3.8, 4) is 5.75 Å². The minimum atomic E-state index is -3.61. The predicted octanol–water partition coefficient (Wildman–Crippen LogP) is 3.84. The highest BCUT2D eigenvalue weighted by molar-refractivity contribution is 7.89. The topological polar surface area (TPSA) is 66.9 Å². The number of ether oxygens (including phenoxy) is 1. The maximum absolute atomic E-state index is 13.2. The molecule has 1 aliphatic rings. The molecule has 7 heteroatoms. The van der Waals surface area contributed by atoms with Crippen LogP contribution >= 0.6 is 0 Å². The fraction of sp³-hybridized carbons (Fsp3) is 0.435. The number of carbonyl (C=O) groups excluding carboxylic acids is 1. The number of sulfonamides is 1. The van der Waals surface area contributed by atoms with Crippen LogP contribution < -0.4 is 4.74 Å². The van der Waals surface area contributed by atoms with Gasteiger partial charge < -0.3 is 9.64 Å². The molecule has 0 bridgehead atoms. The molecule has 0 saturated carbocycles. The molecular weight excluding hydrogens is 400 g/mol. The van der Waals surface area contributed by atoms with Gasteiger partial charge in [-0.1, -0.05) is 37.1 Å². The number of nitrogens with zero attached hydrogens (tertiary/aromatic N) is 2. The minimum absolute atomic E-state index is 0.184. The number of methoxy groups -OCH3 is 1. The van der Waals surface area contributed by atoms with Gasteiger partial charge in [-0.05, 0) is 43.5 Å². The Labute approximate surface area is 179 Å². The molecule has 1 saturated heterocycles. The van der Waals surface area contributed by atoms with Crippen molar-refractivity contribution in [3.05, 3.63) is 59.2 Å². The molecule has 1 heterocycles. The first-order chi connectivity index (χ1) is 14.3. The van der Waals surface area contributed by atoms with E-state index in [1.165, 1.54) is 6.07 Å². The molecule has 0 N–H and O–H groups in total. The van der Waals surface area contributed by atoms with E-state index in [9.17, 15) is 13.2 Å². The van der Waals surface area contributed by atoms with Crippen LogP contribution in [0.5, 0.6) is 5.75 Å². The van der Waals surface area contributed by atoms with Gasteiger partial charge in [0.2, 0.25) is 10.0 Å². The van der Waals surface area contributed by atoms with E-state index in [4.69, 9.17) is 4.74 Å². The summed E-state index contributed by atoms with van der Waals surface area (Å²) in [4.78, 5) is 14.9. The van der Waals surface area contributed by atoms with Crippen molar-refractivity contribution >= 4 is 15.9 Å². The Morgan fingerprint density at radius 2 is 1.73 bits per heavy atom. The molecule has 2 aromatic rings. The summed E-state index contributed by atoms with van der Waals surface area (Å²) in [7, 11) is -0.299. The fourth-order valence-electron chi connectivity index (χ4n) is 3.79. The summed E-state index contributed by atoms with van der Waals surface area (Å²) in [5, 5.41) is 0. The summed E-state index contributed by atoms with van der Waals surface area (Å²) in [5.41, 5.74) is 2.05. The van der Waals surface area contributed by atoms with Crippen molar-refractivity contribution in [3.63, 3.8) is 0 Å². The van der Waals surface area contributed by atoms with E-state index in [0.717, 1.165) is 36.8 Å². The first-order valence-corrected chi connectivity index (χ1v) is 11.8. The summed E-state index contributed by atoms with van der Waals surface area (Å²) < 4.78 is 33.2. The Kier molecular flexibility index (Phi) is 7.15. The number of para-hydroxylation sites is 1. The first kappa shape index (κ1) is 22.3. The Bertz CT molecular complexity index is 996. The van der Waals surface area contributed by atoms with Crippen LogP contribution in [0.1, 0.15) is 47.2 Å². The average molecular weight is 431 g/mol. The molecule has 6 nitrogen and oxygen atoms in total. The number of hydrogen-bond acceptors (Lipinski definition) is 4. The molecule has 0 aliphatic carbocycles. The molecule has 162 valence electrons. The highest BCUT2D eigenvalue weighted by atomic mass is 32.2. The molecule has 0 unspecified atom stereocenters. The monoisotopic (exact) mass is 430 g/mol. The lowest BCUT2D eigenvalue weighted by molar-refractivity contribution is 0.0783. The molecule has 3 rings (SSSR count). The third-order valence-corrected chi connectivity index (χ3v) is 7.48. The van der Waals surface area contributed by atoms with Crippen LogP contribution in [-0.4, -0.2) is 50.8 Å².